The van der Waals surface area contributed by atoms with Gasteiger partial charge in [-0.2, -0.15) is 0 Å². The van der Waals surface area contributed by atoms with Crippen molar-refractivity contribution in [3.8, 4) is 0 Å². The number of carboxylic acid groups (broad SMARTS) is 1. The summed E-state index contributed by atoms with van der Waals surface area (Å²) >= 11 is 0. The van der Waals surface area contributed by atoms with Crippen LogP contribution in [0.1, 0.15) is 23.7 Å². The van der Waals surface area contributed by atoms with E-state index in [4.69, 9.17) is 5.11 Å². The Balaban J connectivity index is 0.00000133. The van der Waals surface area contributed by atoms with Crippen LogP contribution in [0.2, 0.25) is 0 Å². The molecule has 6 heteroatoms. The van der Waals surface area contributed by atoms with Gasteiger partial charge < -0.3 is 10.0 Å². The molecule has 19 heavy (non-hydrogen) atoms. The average Bonchev–Trinajstić information content (AvgIpc) is 2.36. The van der Waals surface area contributed by atoms with Crippen molar-refractivity contribution < 1.29 is 9.90 Å². The molecular weight excluding hydrogens is 237 g/mol. The second-order valence-corrected chi connectivity index (χ2v) is 4.60. The fourth-order valence-corrected chi connectivity index (χ4v) is 2.14. The Hall–Kier alpha value is -1.57. The zero-order valence-corrected chi connectivity index (χ0v) is 10.00. The zero-order chi connectivity index (χ0) is 12.7. The molecule has 1 aliphatic heterocycles. The summed E-state index contributed by atoms with van der Waals surface area (Å²) in [4.78, 5) is 21.6. The van der Waals surface area contributed by atoms with Gasteiger partial charge in [-0.15, -0.1) is 0 Å². The summed E-state index contributed by atoms with van der Waals surface area (Å²) < 4.78 is 0. The number of anilines is 1. The molecule has 2 aromatic heterocycles. The number of hydrogen-bond acceptors (Lipinski definition) is 4. The molecule has 2 aromatic rings. The van der Waals surface area contributed by atoms with E-state index in [0.29, 0.717) is 6.04 Å². The van der Waals surface area contributed by atoms with E-state index in [0.717, 1.165) is 23.3 Å². The van der Waals surface area contributed by atoms with Crippen LogP contribution in [0.3, 0.4) is 0 Å². The number of carboxylic acids is 1. The standard InChI is InChI=1S/C13H13N3O2.Li.H/c1-8-2-3-16(8)12-5-11-9(6-15-12)4-10(7-14-11)13(17)18;;/h4-8H,2-3H2,1H3,(H,17,18);;. The van der Waals surface area contributed by atoms with E-state index in [1.54, 1.807) is 12.3 Å². The number of rotatable bonds is 2. The zero-order valence-electron chi connectivity index (χ0n) is 10.00. The monoisotopic (exact) mass is 251 g/mol. The van der Waals surface area contributed by atoms with Crippen molar-refractivity contribution in [2.45, 2.75) is 19.4 Å². The minimum atomic E-state index is -0.968. The Morgan fingerprint density at radius 1 is 1.37 bits per heavy atom. The number of hydrogen-bond donors (Lipinski definition) is 1. The van der Waals surface area contributed by atoms with Gasteiger partial charge in [0.05, 0.1) is 11.1 Å². The maximum atomic E-state index is 10.8. The topological polar surface area (TPSA) is 66.3 Å². The third-order valence-electron chi connectivity index (χ3n) is 3.41. The number of aromatic carboxylic acids is 1. The van der Waals surface area contributed by atoms with Crippen molar-refractivity contribution in [1.29, 1.82) is 0 Å². The molecule has 1 saturated heterocycles. The van der Waals surface area contributed by atoms with Gasteiger partial charge in [0, 0.05) is 36.4 Å². The Labute approximate surface area is 122 Å². The molecule has 0 saturated carbocycles. The molecule has 5 nitrogen and oxygen atoms in total. The van der Waals surface area contributed by atoms with Gasteiger partial charge in [-0.1, -0.05) is 0 Å². The molecule has 3 heterocycles. The normalized spacial score (nSPS) is 17.7. The van der Waals surface area contributed by atoms with Gasteiger partial charge in [0.15, 0.2) is 0 Å². The summed E-state index contributed by atoms with van der Waals surface area (Å²) in [7, 11) is 0. The first-order valence-corrected chi connectivity index (χ1v) is 5.91. The van der Waals surface area contributed by atoms with Crippen molar-refractivity contribution in [3.63, 3.8) is 0 Å². The van der Waals surface area contributed by atoms with Gasteiger partial charge in [0.2, 0.25) is 0 Å². The van der Waals surface area contributed by atoms with Crippen molar-refractivity contribution in [1.82, 2.24) is 9.97 Å². The fraction of sp³-hybridized carbons (Fsp3) is 0.308. The molecule has 0 bridgehead atoms. The molecule has 1 fully saturated rings. The predicted molar refractivity (Wildman–Crippen MR) is 75.1 cm³/mol. The minimum absolute atomic E-state index is 0. The van der Waals surface area contributed by atoms with Crippen LogP contribution in [0.4, 0.5) is 5.82 Å². The Kier molecular flexibility index (Phi) is 3.79. The van der Waals surface area contributed by atoms with Crippen molar-refractivity contribution in [2.24, 2.45) is 0 Å². The molecule has 3 rings (SSSR count). The molecule has 1 aliphatic rings. The molecule has 0 aromatic carbocycles. The van der Waals surface area contributed by atoms with E-state index < -0.39 is 5.97 Å². The van der Waals surface area contributed by atoms with Crippen LogP contribution in [-0.2, 0) is 0 Å². The summed E-state index contributed by atoms with van der Waals surface area (Å²) in [6.07, 6.45) is 4.26. The summed E-state index contributed by atoms with van der Waals surface area (Å²) in [6.45, 7) is 3.18. The van der Waals surface area contributed by atoms with Crippen LogP contribution in [-0.4, -0.2) is 52.5 Å². The summed E-state index contributed by atoms with van der Waals surface area (Å²) in [5.41, 5.74) is 0.971. The molecule has 94 valence electrons. The molecule has 0 spiro atoms. The second-order valence-electron chi connectivity index (χ2n) is 4.60. The Morgan fingerprint density at radius 3 is 2.74 bits per heavy atom. The molecule has 0 aliphatic carbocycles. The summed E-state index contributed by atoms with van der Waals surface area (Å²) in [6, 6.07) is 4.03. The molecule has 1 atom stereocenters. The third-order valence-corrected chi connectivity index (χ3v) is 3.41. The summed E-state index contributed by atoms with van der Waals surface area (Å²) in [5, 5.41) is 9.66. The first-order valence-electron chi connectivity index (χ1n) is 5.91. The van der Waals surface area contributed by atoms with Crippen molar-refractivity contribution >= 4 is 41.6 Å². The van der Waals surface area contributed by atoms with Gasteiger partial charge in [-0.25, -0.2) is 9.78 Å². The van der Waals surface area contributed by atoms with Crippen LogP contribution in [0.5, 0.6) is 0 Å². The second kappa shape index (κ2) is 5.20. The number of nitrogens with zero attached hydrogens (tertiary/aromatic N) is 3. The molecule has 0 amide bonds. The van der Waals surface area contributed by atoms with Gasteiger partial charge in [0.25, 0.3) is 0 Å². The van der Waals surface area contributed by atoms with Gasteiger partial charge in [-0.05, 0) is 19.4 Å². The molecule has 0 radical (unpaired) electrons. The maximum absolute atomic E-state index is 10.8. The summed E-state index contributed by atoms with van der Waals surface area (Å²) in [5.74, 6) is -0.0540. The molecule has 1 N–H and O–H groups in total. The predicted octanol–water partition coefficient (Wildman–Crippen LogP) is 1.28. The van der Waals surface area contributed by atoms with Crippen LogP contribution in [0.15, 0.2) is 24.5 Å². The van der Waals surface area contributed by atoms with E-state index in [2.05, 4.69) is 21.8 Å². The van der Waals surface area contributed by atoms with Gasteiger partial charge in [0.1, 0.15) is 5.82 Å². The van der Waals surface area contributed by atoms with E-state index in [1.165, 1.54) is 12.6 Å². The van der Waals surface area contributed by atoms with Crippen molar-refractivity contribution in [2.75, 3.05) is 11.4 Å². The number of fused-ring (bicyclic) bond motifs is 1. The van der Waals surface area contributed by atoms with Gasteiger partial charge in [-0.3, -0.25) is 4.98 Å². The number of carbonyl (C=O) groups is 1. The van der Waals surface area contributed by atoms with Crippen LogP contribution < -0.4 is 4.90 Å². The first-order chi connectivity index (χ1) is 8.65. The Bertz CT molecular complexity index is 632. The van der Waals surface area contributed by atoms with E-state index in [9.17, 15) is 4.79 Å². The van der Waals surface area contributed by atoms with Gasteiger partial charge >= 0.3 is 24.8 Å². The molecule has 1 unspecified atom stereocenters. The fourth-order valence-electron chi connectivity index (χ4n) is 2.14. The van der Waals surface area contributed by atoms with E-state index in [1.807, 2.05) is 6.07 Å². The quantitative estimate of drug-likeness (QED) is 0.814. The average molecular weight is 251 g/mol. The van der Waals surface area contributed by atoms with E-state index >= 15 is 0 Å². The Morgan fingerprint density at radius 2 is 2.16 bits per heavy atom. The SMILES string of the molecule is CC1CCN1c1cc2ncc(C(=O)O)cc2cn1.[LiH]. The van der Waals surface area contributed by atoms with Crippen LogP contribution in [0, 0.1) is 0 Å². The number of aromatic nitrogens is 2. The van der Waals surface area contributed by atoms with Crippen LogP contribution in [0.25, 0.3) is 10.9 Å². The third kappa shape index (κ3) is 2.44. The molecular formula is C13H14LiN3O2. The first kappa shape index (κ1) is 13.8. The van der Waals surface area contributed by atoms with Crippen LogP contribution >= 0.6 is 0 Å². The van der Waals surface area contributed by atoms with E-state index in [-0.39, 0.29) is 24.4 Å². The van der Waals surface area contributed by atoms with Crippen molar-refractivity contribution in [3.05, 3.63) is 30.1 Å². The number of pyridine rings is 2.